The number of hydrogen-bond donors (Lipinski definition) is 1. The molecular weight excluding hydrogens is 312 g/mol. The van der Waals surface area contributed by atoms with Crippen molar-refractivity contribution in [3.63, 3.8) is 0 Å². The first-order chi connectivity index (χ1) is 12.3. The number of rotatable bonds is 6. The monoisotopic (exact) mass is 338 g/mol. The zero-order valence-electron chi connectivity index (χ0n) is 14.8. The van der Waals surface area contributed by atoms with Gasteiger partial charge in [0.1, 0.15) is 5.75 Å². The summed E-state index contributed by atoms with van der Waals surface area (Å²) >= 11 is 0. The molecule has 4 nitrogen and oxygen atoms in total. The Labute approximate surface area is 149 Å². The predicted molar refractivity (Wildman–Crippen MR) is 98.7 cm³/mol. The summed E-state index contributed by atoms with van der Waals surface area (Å²) in [5.41, 5.74) is 2.10. The second-order valence-electron chi connectivity index (χ2n) is 6.66. The third kappa shape index (κ3) is 4.59. The van der Waals surface area contributed by atoms with Crippen LogP contribution in [0.2, 0.25) is 0 Å². The van der Waals surface area contributed by atoms with Gasteiger partial charge in [0.25, 0.3) is 0 Å². The lowest BCUT2D eigenvalue weighted by Gasteiger charge is -2.23. The molecule has 0 saturated heterocycles. The molecule has 1 unspecified atom stereocenters. The van der Waals surface area contributed by atoms with Crippen LogP contribution >= 0.6 is 0 Å². The molecule has 2 aromatic rings. The number of ether oxygens (including phenoxy) is 1. The molecule has 1 aromatic carbocycles. The second-order valence-corrected chi connectivity index (χ2v) is 6.66. The van der Waals surface area contributed by atoms with Crippen LogP contribution in [0.4, 0.5) is 0 Å². The number of amides is 1. The fourth-order valence-electron chi connectivity index (χ4n) is 3.52. The minimum Gasteiger partial charge on any atom is -0.497 e. The smallest absolute Gasteiger partial charge is 0.223 e. The summed E-state index contributed by atoms with van der Waals surface area (Å²) in [6.45, 7) is 0.568. The van der Waals surface area contributed by atoms with Gasteiger partial charge in [-0.1, -0.05) is 37.5 Å². The van der Waals surface area contributed by atoms with Gasteiger partial charge in [-0.3, -0.25) is 9.78 Å². The molecule has 0 spiro atoms. The molecule has 1 aromatic heterocycles. The normalized spacial score (nSPS) is 16.2. The number of aromatic nitrogens is 1. The number of methoxy groups -OCH3 is 1. The van der Waals surface area contributed by atoms with Crippen molar-refractivity contribution in [2.45, 2.75) is 38.0 Å². The van der Waals surface area contributed by atoms with E-state index in [1.54, 1.807) is 13.3 Å². The molecule has 1 N–H and O–H groups in total. The van der Waals surface area contributed by atoms with E-state index < -0.39 is 0 Å². The van der Waals surface area contributed by atoms with Crippen LogP contribution in [0.3, 0.4) is 0 Å². The van der Waals surface area contributed by atoms with Crippen molar-refractivity contribution in [2.75, 3.05) is 13.7 Å². The Morgan fingerprint density at radius 2 is 1.92 bits per heavy atom. The van der Waals surface area contributed by atoms with Crippen LogP contribution in [0.25, 0.3) is 0 Å². The van der Waals surface area contributed by atoms with E-state index in [0.717, 1.165) is 29.8 Å². The largest absolute Gasteiger partial charge is 0.497 e. The lowest BCUT2D eigenvalue weighted by atomic mass is 9.88. The number of nitrogens with zero attached hydrogens (tertiary/aromatic N) is 1. The molecule has 0 bridgehead atoms. The maximum Gasteiger partial charge on any atom is 0.223 e. The first-order valence-corrected chi connectivity index (χ1v) is 9.10. The number of hydrogen-bond acceptors (Lipinski definition) is 3. The van der Waals surface area contributed by atoms with Gasteiger partial charge >= 0.3 is 0 Å². The van der Waals surface area contributed by atoms with E-state index in [2.05, 4.69) is 10.3 Å². The van der Waals surface area contributed by atoms with Crippen LogP contribution in [-0.4, -0.2) is 24.5 Å². The number of benzene rings is 1. The van der Waals surface area contributed by atoms with Crippen LogP contribution in [-0.2, 0) is 4.79 Å². The van der Waals surface area contributed by atoms with Gasteiger partial charge < -0.3 is 10.1 Å². The maximum absolute atomic E-state index is 12.5. The summed E-state index contributed by atoms with van der Waals surface area (Å²) in [6, 6.07) is 13.9. The predicted octanol–water partition coefficient (Wildman–Crippen LogP) is 3.92. The molecule has 1 amide bonds. The van der Waals surface area contributed by atoms with Crippen LogP contribution in [0.1, 0.15) is 49.3 Å². The average molecular weight is 338 g/mol. The van der Waals surface area contributed by atoms with Crippen molar-refractivity contribution in [1.82, 2.24) is 10.3 Å². The second kappa shape index (κ2) is 8.65. The number of pyridine rings is 1. The molecule has 0 aliphatic heterocycles. The van der Waals surface area contributed by atoms with Crippen LogP contribution < -0.4 is 10.1 Å². The zero-order chi connectivity index (χ0) is 17.5. The van der Waals surface area contributed by atoms with E-state index in [0.29, 0.717) is 6.54 Å². The van der Waals surface area contributed by atoms with Crippen molar-refractivity contribution in [1.29, 1.82) is 0 Å². The Bertz CT molecular complexity index is 664. The van der Waals surface area contributed by atoms with Crippen LogP contribution in [0.5, 0.6) is 5.75 Å². The highest BCUT2D eigenvalue weighted by molar-refractivity contribution is 5.78. The minimum absolute atomic E-state index is 0.0413. The van der Waals surface area contributed by atoms with E-state index in [4.69, 9.17) is 4.74 Å². The van der Waals surface area contributed by atoms with Gasteiger partial charge in [-0.15, -0.1) is 0 Å². The lowest BCUT2D eigenvalue weighted by molar-refractivity contribution is -0.125. The van der Waals surface area contributed by atoms with Gasteiger partial charge in [0.2, 0.25) is 5.91 Å². The van der Waals surface area contributed by atoms with E-state index in [9.17, 15) is 4.79 Å². The quantitative estimate of drug-likeness (QED) is 0.868. The molecule has 1 aliphatic rings. The maximum atomic E-state index is 12.5. The molecule has 4 heteroatoms. The zero-order valence-corrected chi connectivity index (χ0v) is 14.8. The third-order valence-electron chi connectivity index (χ3n) is 5.02. The van der Waals surface area contributed by atoms with Gasteiger partial charge in [0.15, 0.2) is 0 Å². The van der Waals surface area contributed by atoms with Gasteiger partial charge in [-0.2, -0.15) is 0 Å². The van der Waals surface area contributed by atoms with E-state index in [1.807, 2.05) is 42.5 Å². The van der Waals surface area contributed by atoms with E-state index in [-0.39, 0.29) is 17.7 Å². The number of nitrogens with one attached hydrogen (secondary N) is 1. The first-order valence-electron chi connectivity index (χ1n) is 9.10. The Kier molecular flexibility index (Phi) is 6.04. The Balaban J connectivity index is 1.73. The van der Waals surface area contributed by atoms with Crippen LogP contribution in [0.15, 0.2) is 48.7 Å². The van der Waals surface area contributed by atoms with E-state index in [1.165, 1.54) is 19.3 Å². The van der Waals surface area contributed by atoms with Crippen molar-refractivity contribution in [2.24, 2.45) is 5.92 Å². The molecule has 1 fully saturated rings. The Morgan fingerprint density at radius 1 is 1.16 bits per heavy atom. The summed E-state index contributed by atoms with van der Waals surface area (Å²) in [6.07, 6.45) is 7.42. The van der Waals surface area contributed by atoms with Gasteiger partial charge in [0.05, 0.1) is 7.11 Å². The average Bonchev–Trinajstić information content (AvgIpc) is 2.70. The molecule has 1 saturated carbocycles. The Morgan fingerprint density at radius 3 is 2.56 bits per heavy atom. The topological polar surface area (TPSA) is 51.2 Å². The summed E-state index contributed by atoms with van der Waals surface area (Å²) in [4.78, 5) is 17.0. The van der Waals surface area contributed by atoms with Crippen molar-refractivity contribution in [3.05, 3.63) is 59.9 Å². The van der Waals surface area contributed by atoms with Gasteiger partial charge in [0, 0.05) is 30.3 Å². The minimum atomic E-state index is 0.0413. The lowest BCUT2D eigenvalue weighted by Crippen LogP contribution is -2.35. The summed E-state index contributed by atoms with van der Waals surface area (Å²) in [5, 5.41) is 3.17. The van der Waals surface area contributed by atoms with Gasteiger partial charge in [-0.25, -0.2) is 0 Å². The van der Waals surface area contributed by atoms with Crippen molar-refractivity contribution >= 4 is 5.91 Å². The molecule has 132 valence electrons. The van der Waals surface area contributed by atoms with Crippen molar-refractivity contribution < 1.29 is 9.53 Å². The highest BCUT2D eigenvalue weighted by Crippen LogP contribution is 2.26. The molecule has 0 radical (unpaired) electrons. The standard InChI is InChI=1S/C21H26N2O2/c1-25-18-12-10-16(11-13-18)19(20-9-5-6-14-22-20)15-23-21(24)17-7-3-2-4-8-17/h5-6,9-14,17,19H,2-4,7-8,15H2,1H3,(H,23,24). The molecule has 1 atom stereocenters. The SMILES string of the molecule is COc1ccc(C(CNC(=O)C2CCCCC2)c2ccccn2)cc1. The molecule has 1 aliphatic carbocycles. The first kappa shape index (κ1) is 17.5. The highest BCUT2D eigenvalue weighted by atomic mass is 16.5. The Hall–Kier alpha value is -2.36. The van der Waals surface area contributed by atoms with E-state index >= 15 is 0 Å². The molecule has 1 heterocycles. The summed E-state index contributed by atoms with van der Waals surface area (Å²) in [5.74, 6) is 1.23. The van der Waals surface area contributed by atoms with Crippen molar-refractivity contribution in [3.8, 4) is 5.75 Å². The molecular formula is C21H26N2O2. The number of carbonyl (C=O) groups excluding carboxylic acids is 1. The third-order valence-corrected chi connectivity index (χ3v) is 5.02. The molecule has 25 heavy (non-hydrogen) atoms. The fraction of sp³-hybridized carbons (Fsp3) is 0.429. The summed E-state index contributed by atoms with van der Waals surface area (Å²) in [7, 11) is 1.66. The molecule has 3 rings (SSSR count). The fourth-order valence-corrected chi connectivity index (χ4v) is 3.52. The van der Waals surface area contributed by atoms with Crippen LogP contribution in [0, 0.1) is 5.92 Å². The van der Waals surface area contributed by atoms with Gasteiger partial charge in [-0.05, 0) is 42.7 Å². The number of carbonyl (C=O) groups is 1. The highest BCUT2D eigenvalue weighted by Gasteiger charge is 2.23. The summed E-state index contributed by atoms with van der Waals surface area (Å²) < 4.78 is 5.25.